The number of hydrogen-bond acceptors (Lipinski definition) is 1. The monoisotopic (exact) mass is 143 g/mol. The normalized spacial score (nSPS) is 20.8. The van der Waals surface area contributed by atoms with Gasteiger partial charge in [-0.15, -0.1) is 0 Å². The van der Waals surface area contributed by atoms with Crippen molar-refractivity contribution in [3.8, 4) is 0 Å². The molecular formula is C8H14FN. The van der Waals surface area contributed by atoms with Crippen molar-refractivity contribution in [2.75, 3.05) is 7.05 Å². The Bertz CT molecular complexity index is 131. The lowest BCUT2D eigenvalue weighted by atomic mass is 10.1. The highest BCUT2D eigenvalue weighted by Gasteiger charge is 2.09. The summed E-state index contributed by atoms with van der Waals surface area (Å²) in [6.07, 6.45) is 5.35. The molecule has 1 atom stereocenters. The van der Waals surface area contributed by atoms with Crippen molar-refractivity contribution in [2.45, 2.75) is 32.0 Å². The summed E-state index contributed by atoms with van der Waals surface area (Å²) in [7, 11) is 1.65. The molecule has 10 heavy (non-hydrogen) atoms. The molecule has 0 spiro atoms. The van der Waals surface area contributed by atoms with Gasteiger partial charge in [-0.2, -0.15) is 0 Å². The molecule has 0 saturated carbocycles. The molecule has 1 N–H and O–H groups in total. The molecule has 0 aromatic rings. The highest BCUT2D eigenvalue weighted by atomic mass is 19.1. The summed E-state index contributed by atoms with van der Waals surface area (Å²) in [6.45, 7) is 0. The van der Waals surface area contributed by atoms with Gasteiger partial charge in [-0.05, 0) is 26.3 Å². The summed E-state index contributed by atoms with van der Waals surface area (Å²) in [5, 5.41) is 2.58. The lowest BCUT2D eigenvalue weighted by Crippen LogP contribution is -2.19. The van der Waals surface area contributed by atoms with Gasteiger partial charge in [-0.25, -0.2) is 4.39 Å². The molecule has 1 rings (SSSR count). The Balaban J connectivity index is 2.23. The summed E-state index contributed by atoms with van der Waals surface area (Å²) in [5.41, 5.74) is 1.28. The van der Waals surface area contributed by atoms with Gasteiger partial charge in [0.25, 0.3) is 0 Å². The smallest absolute Gasteiger partial charge is 0.154 e. The number of hydrogen-bond donors (Lipinski definition) is 1. The first-order valence-electron chi connectivity index (χ1n) is 3.82. The zero-order chi connectivity index (χ0) is 7.40. The van der Waals surface area contributed by atoms with Crippen LogP contribution in [0.1, 0.15) is 25.7 Å². The second-order valence-corrected chi connectivity index (χ2v) is 2.71. The average molecular weight is 143 g/mol. The van der Waals surface area contributed by atoms with Crippen LogP contribution in [0.15, 0.2) is 11.6 Å². The predicted molar refractivity (Wildman–Crippen MR) is 40.5 cm³/mol. The van der Waals surface area contributed by atoms with Gasteiger partial charge in [0.15, 0.2) is 6.30 Å². The van der Waals surface area contributed by atoms with E-state index in [4.69, 9.17) is 0 Å². The van der Waals surface area contributed by atoms with Gasteiger partial charge in [0.05, 0.1) is 0 Å². The van der Waals surface area contributed by atoms with Crippen LogP contribution in [0.2, 0.25) is 0 Å². The van der Waals surface area contributed by atoms with Gasteiger partial charge < -0.3 is 0 Å². The second kappa shape index (κ2) is 3.71. The lowest BCUT2D eigenvalue weighted by Gasteiger charge is -2.05. The molecule has 0 radical (unpaired) electrons. The molecule has 1 aliphatic rings. The fourth-order valence-corrected chi connectivity index (χ4v) is 1.26. The Kier molecular flexibility index (Phi) is 2.87. The van der Waals surface area contributed by atoms with E-state index in [2.05, 4.69) is 11.4 Å². The lowest BCUT2D eigenvalue weighted by molar-refractivity contribution is 0.288. The topological polar surface area (TPSA) is 12.0 Å². The summed E-state index contributed by atoms with van der Waals surface area (Å²) < 4.78 is 12.6. The van der Waals surface area contributed by atoms with E-state index in [0.717, 1.165) is 12.8 Å². The van der Waals surface area contributed by atoms with Crippen LogP contribution in [0.3, 0.4) is 0 Å². The third-order valence-corrected chi connectivity index (χ3v) is 1.89. The molecule has 0 saturated heterocycles. The number of halogens is 1. The molecule has 1 unspecified atom stereocenters. The van der Waals surface area contributed by atoms with E-state index < -0.39 is 6.30 Å². The van der Waals surface area contributed by atoms with Crippen molar-refractivity contribution in [1.29, 1.82) is 0 Å². The number of alkyl halides is 1. The first-order chi connectivity index (χ1) is 4.83. The molecule has 0 amide bonds. The molecule has 2 heteroatoms. The van der Waals surface area contributed by atoms with E-state index in [1.165, 1.54) is 12.0 Å². The molecule has 0 fully saturated rings. The fourth-order valence-electron chi connectivity index (χ4n) is 1.26. The van der Waals surface area contributed by atoms with Gasteiger partial charge in [-0.1, -0.05) is 11.6 Å². The van der Waals surface area contributed by atoms with Crippen molar-refractivity contribution in [3.05, 3.63) is 11.6 Å². The van der Waals surface area contributed by atoms with Crippen LogP contribution in [-0.2, 0) is 0 Å². The van der Waals surface area contributed by atoms with Crippen LogP contribution in [0.4, 0.5) is 4.39 Å². The first kappa shape index (κ1) is 7.73. The average Bonchev–Trinajstić information content (AvgIpc) is 2.40. The van der Waals surface area contributed by atoms with Gasteiger partial charge >= 0.3 is 0 Å². The Morgan fingerprint density at radius 1 is 1.80 bits per heavy atom. The highest BCUT2D eigenvalue weighted by Crippen LogP contribution is 2.21. The minimum atomic E-state index is -0.843. The minimum absolute atomic E-state index is 0.580. The van der Waals surface area contributed by atoms with Gasteiger partial charge in [-0.3, -0.25) is 5.32 Å². The summed E-state index contributed by atoms with van der Waals surface area (Å²) in [5.74, 6) is 0. The van der Waals surface area contributed by atoms with Crippen molar-refractivity contribution in [2.24, 2.45) is 0 Å². The standard InChI is InChI=1S/C8H14FN/c1-10-8(9)6-7-4-2-3-5-7/h4,8,10H,2-3,5-6H2,1H3. The van der Waals surface area contributed by atoms with Crippen LogP contribution < -0.4 is 5.32 Å². The molecule has 0 bridgehead atoms. The van der Waals surface area contributed by atoms with E-state index in [1.807, 2.05) is 0 Å². The fraction of sp³-hybridized carbons (Fsp3) is 0.750. The van der Waals surface area contributed by atoms with Crippen molar-refractivity contribution in [1.82, 2.24) is 5.32 Å². The second-order valence-electron chi connectivity index (χ2n) is 2.71. The third-order valence-electron chi connectivity index (χ3n) is 1.89. The Hall–Kier alpha value is -0.370. The van der Waals surface area contributed by atoms with E-state index in [9.17, 15) is 4.39 Å². The SMILES string of the molecule is CNC(F)CC1=CCCC1. The van der Waals surface area contributed by atoms with E-state index in [0.29, 0.717) is 6.42 Å². The highest BCUT2D eigenvalue weighted by molar-refractivity contribution is 5.08. The van der Waals surface area contributed by atoms with Crippen molar-refractivity contribution < 1.29 is 4.39 Å². The number of rotatable bonds is 3. The maximum absolute atomic E-state index is 12.6. The van der Waals surface area contributed by atoms with Crippen LogP contribution in [0, 0.1) is 0 Å². The van der Waals surface area contributed by atoms with Gasteiger partial charge in [0.2, 0.25) is 0 Å². The zero-order valence-electron chi connectivity index (χ0n) is 6.36. The molecular weight excluding hydrogens is 129 g/mol. The van der Waals surface area contributed by atoms with E-state index in [-0.39, 0.29) is 0 Å². The summed E-state index contributed by atoms with van der Waals surface area (Å²) in [4.78, 5) is 0. The van der Waals surface area contributed by atoms with Gasteiger partial charge in [0.1, 0.15) is 0 Å². The molecule has 58 valence electrons. The van der Waals surface area contributed by atoms with Crippen LogP contribution in [0.5, 0.6) is 0 Å². The van der Waals surface area contributed by atoms with Gasteiger partial charge in [0, 0.05) is 6.42 Å². The molecule has 0 aromatic carbocycles. The summed E-state index contributed by atoms with van der Waals surface area (Å²) in [6, 6.07) is 0. The van der Waals surface area contributed by atoms with Crippen molar-refractivity contribution in [3.63, 3.8) is 0 Å². The zero-order valence-corrected chi connectivity index (χ0v) is 6.36. The van der Waals surface area contributed by atoms with Crippen LogP contribution in [-0.4, -0.2) is 13.3 Å². The predicted octanol–water partition coefficient (Wildman–Crippen LogP) is 2.00. The van der Waals surface area contributed by atoms with Crippen LogP contribution in [0.25, 0.3) is 0 Å². The maximum Gasteiger partial charge on any atom is 0.154 e. The maximum atomic E-state index is 12.6. The number of nitrogens with one attached hydrogen (secondary N) is 1. The quantitative estimate of drug-likeness (QED) is 0.470. The third kappa shape index (κ3) is 2.10. The Morgan fingerprint density at radius 3 is 3.10 bits per heavy atom. The van der Waals surface area contributed by atoms with Crippen molar-refractivity contribution >= 4 is 0 Å². The van der Waals surface area contributed by atoms with E-state index in [1.54, 1.807) is 7.05 Å². The van der Waals surface area contributed by atoms with Crippen LogP contribution >= 0.6 is 0 Å². The molecule has 1 aliphatic carbocycles. The number of allylic oxidation sites excluding steroid dienone is 1. The summed E-state index contributed by atoms with van der Waals surface area (Å²) >= 11 is 0. The van der Waals surface area contributed by atoms with E-state index >= 15 is 0 Å². The Labute approximate surface area is 61.3 Å². The first-order valence-corrected chi connectivity index (χ1v) is 3.82. The molecule has 0 aromatic heterocycles. The molecule has 0 aliphatic heterocycles. The Morgan fingerprint density at radius 2 is 2.60 bits per heavy atom. The molecule has 1 nitrogen and oxygen atoms in total. The minimum Gasteiger partial charge on any atom is -0.291 e. The largest absolute Gasteiger partial charge is 0.291 e. The molecule has 0 heterocycles.